The lowest BCUT2D eigenvalue weighted by atomic mass is 10.1. The third-order valence-electron chi connectivity index (χ3n) is 2.56. The highest BCUT2D eigenvalue weighted by molar-refractivity contribution is 5.77. The van der Waals surface area contributed by atoms with Gasteiger partial charge < -0.3 is 0 Å². The molecule has 0 saturated heterocycles. The lowest BCUT2D eigenvalue weighted by Crippen LogP contribution is -2.41. The van der Waals surface area contributed by atoms with E-state index < -0.39 is 0 Å². The highest BCUT2D eigenvalue weighted by atomic mass is 16.2. The van der Waals surface area contributed by atoms with Gasteiger partial charge in [0.25, 0.3) is 0 Å². The molecule has 0 spiro atoms. The normalized spacial score (nSPS) is 16.4. The molecule has 0 atom stereocenters. The van der Waals surface area contributed by atoms with Crippen molar-refractivity contribution in [3.05, 3.63) is 0 Å². The molecule has 0 aliphatic heterocycles. The standard InChI is InChI=1S/C10H21N3O/c1-8(2)5-6-13(9-3-4-9)7-10(14)12-11/h8-9H,3-7,11H2,1-2H3,(H,12,14). The highest BCUT2D eigenvalue weighted by Crippen LogP contribution is 2.26. The molecule has 0 aromatic heterocycles. The Morgan fingerprint density at radius 3 is 2.64 bits per heavy atom. The average molecular weight is 199 g/mol. The maximum absolute atomic E-state index is 11.1. The van der Waals surface area contributed by atoms with E-state index in [2.05, 4.69) is 24.2 Å². The molecule has 0 aromatic rings. The predicted molar refractivity (Wildman–Crippen MR) is 56.4 cm³/mol. The van der Waals surface area contributed by atoms with Gasteiger partial charge in [-0.2, -0.15) is 0 Å². The van der Waals surface area contributed by atoms with E-state index in [0.29, 0.717) is 18.5 Å². The van der Waals surface area contributed by atoms with Crippen LogP contribution in [0.5, 0.6) is 0 Å². The lowest BCUT2D eigenvalue weighted by Gasteiger charge is -2.21. The molecule has 1 fully saturated rings. The number of carbonyl (C=O) groups excluding carboxylic acids is 1. The zero-order valence-electron chi connectivity index (χ0n) is 9.12. The van der Waals surface area contributed by atoms with Crippen LogP contribution in [0.2, 0.25) is 0 Å². The molecule has 0 unspecified atom stereocenters. The van der Waals surface area contributed by atoms with Gasteiger partial charge in [0.1, 0.15) is 0 Å². The topological polar surface area (TPSA) is 58.4 Å². The number of carbonyl (C=O) groups is 1. The van der Waals surface area contributed by atoms with Crippen molar-refractivity contribution in [2.24, 2.45) is 11.8 Å². The minimum Gasteiger partial charge on any atom is -0.293 e. The maximum atomic E-state index is 11.1. The monoisotopic (exact) mass is 199 g/mol. The number of nitrogens with one attached hydrogen (secondary N) is 1. The molecule has 4 nitrogen and oxygen atoms in total. The fourth-order valence-electron chi connectivity index (χ4n) is 1.48. The van der Waals surface area contributed by atoms with E-state index in [1.807, 2.05) is 0 Å². The molecular formula is C10H21N3O. The molecule has 0 radical (unpaired) electrons. The largest absolute Gasteiger partial charge is 0.293 e. The maximum Gasteiger partial charge on any atom is 0.248 e. The van der Waals surface area contributed by atoms with Crippen LogP contribution in [-0.2, 0) is 4.79 Å². The summed E-state index contributed by atoms with van der Waals surface area (Å²) in [4.78, 5) is 13.4. The van der Waals surface area contributed by atoms with Crippen LogP contribution in [0.15, 0.2) is 0 Å². The fourth-order valence-corrected chi connectivity index (χ4v) is 1.48. The summed E-state index contributed by atoms with van der Waals surface area (Å²) in [6.45, 7) is 5.87. The van der Waals surface area contributed by atoms with Crippen molar-refractivity contribution in [2.75, 3.05) is 13.1 Å². The van der Waals surface area contributed by atoms with Gasteiger partial charge in [-0.15, -0.1) is 0 Å². The second kappa shape index (κ2) is 5.32. The Morgan fingerprint density at radius 1 is 1.57 bits per heavy atom. The van der Waals surface area contributed by atoms with Crippen molar-refractivity contribution < 1.29 is 4.79 Å². The SMILES string of the molecule is CC(C)CCN(CC(=O)NN)C1CC1. The summed E-state index contributed by atoms with van der Waals surface area (Å²) in [5, 5.41) is 0. The van der Waals surface area contributed by atoms with Gasteiger partial charge in [-0.25, -0.2) is 5.84 Å². The summed E-state index contributed by atoms with van der Waals surface area (Å²) < 4.78 is 0. The van der Waals surface area contributed by atoms with Crippen LogP contribution in [0.1, 0.15) is 33.1 Å². The molecule has 1 amide bonds. The number of hydrogen-bond donors (Lipinski definition) is 2. The number of rotatable bonds is 6. The van der Waals surface area contributed by atoms with Gasteiger partial charge in [0.05, 0.1) is 6.54 Å². The van der Waals surface area contributed by atoms with Crippen molar-refractivity contribution in [3.8, 4) is 0 Å². The van der Waals surface area contributed by atoms with E-state index in [1.165, 1.54) is 12.8 Å². The van der Waals surface area contributed by atoms with Crippen LogP contribution >= 0.6 is 0 Å². The van der Waals surface area contributed by atoms with E-state index in [4.69, 9.17) is 5.84 Å². The van der Waals surface area contributed by atoms with Gasteiger partial charge in [-0.05, 0) is 31.7 Å². The first kappa shape index (κ1) is 11.5. The van der Waals surface area contributed by atoms with Crippen LogP contribution in [-0.4, -0.2) is 29.9 Å². The first-order valence-electron chi connectivity index (χ1n) is 5.37. The van der Waals surface area contributed by atoms with Crippen molar-refractivity contribution in [3.63, 3.8) is 0 Å². The molecule has 3 N–H and O–H groups in total. The van der Waals surface area contributed by atoms with Crippen molar-refractivity contribution in [1.82, 2.24) is 10.3 Å². The number of hydrogen-bond acceptors (Lipinski definition) is 3. The van der Waals surface area contributed by atoms with Crippen molar-refractivity contribution >= 4 is 5.91 Å². The zero-order chi connectivity index (χ0) is 10.6. The summed E-state index contributed by atoms with van der Waals surface area (Å²) in [5.41, 5.74) is 2.19. The highest BCUT2D eigenvalue weighted by Gasteiger charge is 2.29. The van der Waals surface area contributed by atoms with E-state index in [1.54, 1.807) is 0 Å². The number of nitrogens with zero attached hydrogens (tertiary/aromatic N) is 1. The summed E-state index contributed by atoms with van der Waals surface area (Å²) >= 11 is 0. The summed E-state index contributed by atoms with van der Waals surface area (Å²) in [7, 11) is 0. The third-order valence-corrected chi connectivity index (χ3v) is 2.56. The van der Waals surface area contributed by atoms with Crippen LogP contribution in [0, 0.1) is 5.92 Å². The molecule has 0 bridgehead atoms. The van der Waals surface area contributed by atoms with Crippen molar-refractivity contribution in [2.45, 2.75) is 39.2 Å². The molecule has 1 rings (SSSR count). The van der Waals surface area contributed by atoms with Crippen molar-refractivity contribution in [1.29, 1.82) is 0 Å². The predicted octanol–water partition coefficient (Wildman–Crippen LogP) is 0.487. The summed E-state index contributed by atoms with van der Waals surface area (Å²) in [5.74, 6) is 5.68. The Labute approximate surface area is 85.8 Å². The Balaban J connectivity index is 2.27. The second-order valence-electron chi connectivity index (χ2n) is 4.45. The molecule has 1 saturated carbocycles. The minimum atomic E-state index is -0.0827. The first-order valence-corrected chi connectivity index (χ1v) is 5.37. The van der Waals surface area contributed by atoms with Gasteiger partial charge >= 0.3 is 0 Å². The number of hydrazine groups is 1. The molecule has 0 aromatic carbocycles. The van der Waals surface area contributed by atoms with E-state index >= 15 is 0 Å². The molecule has 1 aliphatic rings. The zero-order valence-corrected chi connectivity index (χ0v) is 9.12. The summed E-state index contributed by atoms with van der Waals surface area (Å²) in [6.07, 6.45) is 3.61. The second-order valence-corrected chi connectivity index (χ2v) is 4.45. The van der Waals surface area contributed by atoms with Gasteiger partial charge in [0.15, 0.2) is 0 Å². The quantitative estimate of drug-likeness (QED) is 0.372. The van der Waals surface area contributed by atoms with Gasteiger partial charge in [0.2, 0.25) is 5.91 Å². The van der Waals surface area contributed by atoms with Crippen LogP contribution in [0.4, 0.5) is 0 Å². The number of amides is 1. The molecule has 14 heavy (non-hydrogen) atoms. The van der Waals surface area contributed by atoms with Crippen LogP contribution in [0.3, 0.4) is 0 Å². The fraction of sp³-hybridized carbons (Fsp3) is 0.900. The van der Waals surface area contributed by atoms with E-state index in [0.717, 1.165) is 13.0 Å². The average Bonchev–Trinajstić information content (AvgIpc) is 2.94. The molecule has 82 valence electrons. The Morgan fingerprint density at radius 2 is 2.21 bits per heavy atom. The van der Waals surface area contributed by atoms with E-state index in [9.17, 15) is 4.79 Å². The Bertz CT molecular complexity index is 190. The Kier molecular flexibility index (Phi) is 4.35. The van der Waals surface area contributed by atoms with Gasteiger partial charge in [-0.1, -0.05) is 13.8 Å². The molecule has 1 aliphatic carbocycles. The van der Waals surface area contributed by atoms with Gasteiger partial charge in [0, 0.05) is 6.04 Å². The smallest absolute Gasteiger partial charge is 0.248 e. The summed E-state index contributed by atoms with van der Waals surface area (Å²) in [6, 6.07) is 0.631. The minimum absolute atomic E-state index is 0.0827. The Hall–Kier alpha value is -0.610. The number of nitrogens with two attached hydrogens (primary N) is 1. The van der Waals surface area contributed by atoms with Crippen LogP contribution < -0.4 is 11.3 Å². The lowest BCUT2D eigenvalue weighted by molar-refractivity contribution is -0.122. The van der Waals surface area contributed by atoms with E-state index in [-0.39, 0.29) is 5.91 Å². The molecule has 4 heteroatoms. The molecule has 0 heterocycles. The van der Waals surface area contributed by atoms with Crippen LogP contribution in [0.25, 0.3) is 0 Å². The van der Waals surface area contributed by atoms with Gasteiger partial charge in [-0.3, -0.25) is 15.1 Å². The molecular weight excluding hydrogens is 178 g/mol. The third kappa shape index (κ3) is 4.07. The first-order chi connectivity index (χ1) is 6.63.